The topological polar surface area (TPSA) is 0 Å². The normalized spacial score (nSPS) is 13.0. The Bertz CT molecular complexity index is 219. The average Bonchev–Trinajstić information content (AvgIpc) is 1.99. The third-order valence-electron chi connectivity index (χ3n) is 1.36. The standard InChI is InChI=1S/C10H13Cl/c1-5-10(11)7-6-9(4)8(2)3/h5-7H,1-2H2,3-4H3. The summed E-state index contributed by atoms with van der Waals surface area (Å²) in [5.74, 6) is 0. The molecule has 0 bridgehead atoms. The molecule has 0 nitrogen and oxygen atoms in total. The van der Waals surface area contributed by atoms with Gasteiger partial charge in [-0.2, -0.15) is 0 Å². The minimum atomic E-state index is 0.644. The molecule has 0 saturated carbocycles. The van der Waals surface area contributed by atoms with Crippen molar-refractivity contribution in [1.29, 1.82) is 0 Å². The fourth-order valence-corrected chi connectivity index (χ4v) is 0.478. The Labute approximate surface area is 73.6 Å². The molecular formula is C10H13Cl. The lowest BCUT2D eigenvalue weighted by molar-refractivity contribution is 1.36. The maximum absolute atomic E-state index is 5.68. The van der Waals surface area contributed by atoms with Crippen LogP contribution in [-0.2, 0) is 0 Å². The Morgan fingerprint density at radius 2 is 1.82 bits per heavy atom. The SMILES string of the molecule is C=CC(Cl)=CC=C(C)C(=C)C. The van der Waals surface area contributed by atoms with Gasteiger partial charge in [0.15, 0.2) is 0 Å². The van der Waals surface area contributed by atoms with E-state index in [1.54, 1.807) is 12.2 Å². The third-order valence-corrected chi connectivity index (χ3v) is 1.64. The molecule has 0 fully saturated rings. The Kier molecular flexibility index (Phi) is 4.64. The van der Waals surface area contributed by atoms with E-state index in [2.05, 4.69) is 13.2 Å². The number of allylic oxidation sites excluding steroid dienone is 6. The van der Waals surface area contributed by atoms with Crippen LogP contribution in [0.15, 0.2) is 47.6 Å². The fraction of sp³-hybridized carbons (Fsp3) is 0.200. The maximum atomic E-state index is 5.68. The lowest BCUT2D eigenvalue weighted by atomic mass is 10.1. The molecule has 0 aliphatic heterocycles. The molecular weight excluding hydrogens is 156 g/mol. The molecule has 0 aliphatic carbocycles. The highest BCUT2D eigenvalue weighted by molar-refractivity contribution is 6.31. The predicted molar refractivity (Wildman–Crippen MR) is 52.7 cm³/mol. The van der Waals surface area contributed by atoms with Gasteiger partial charge >= 0.3 is 0 Å². The van der Waals surface area contributed by atoms with Crippen LogP contribution in [0, 0.1) is 0 Å². The second kappa shape index (κ2) is 4.97. The lowest BCUT2D eigenvalue weighted by Gasteiger charge is -1.94. The van der Waals surface area contributed by atoms with Crippen LogP contribution in [0.2, 0.25) is 0 Å². The Hall–Kier alpha value is -0.750. The van der Waals surface area contributed by atoms with Crippen LogP contribution in [0.5, 0.6) is 0 Å². The first-order valence-corrected chi connectivity index (χ1v) is 3.78. The van der Waals surface area contributed by atoms with Gasteiger partial charge in [-0.1, -0.05) is 42.5 Å². The molecule has 0 radical (unpaired) electrons. The van der Waals surface area contributed by atoms with Crippen molar-refractivity contribution >= 4 is 11.6 Å². The maximum Gasteiger partial charge on any atom is 0.0400 e. The summed E-state index contributed by atoms with van der Waals surface area (Å²) in [6, 6.07) is 0. The zero-order valence-corrected chi connectivity index (χ0v) is 7.78. The molecule has 1 heteroatoms. The molecule has 0 aromatic carbocycles. The summed E-state index contributed by atoms with van der Waals surface area (Å²) < 4.78 is 0. The fourth-order valence-electron chi connectivity index (χ4n) is 0.415. The van der Waals surface area contributed by atoms with Gasteiger partial charge in [-0.3, -0.25) is 0 Å². The van der Waals surface area contributed by atoms with E-state index in [0.717, 1.165) is 11.1 Å². The lowest BCUT2D eigenvalue weighted by Crippen LogP contribution is -1.73. The van der Waals surface area contributed by atoms with Crippen molar-refractivity contribution in [3.05, 3.63) is 47.6 Å². The highest BCUT2D eigenvalue weighted by atomic mass is 35.5. The van der Waals surface area contributed by atoms with Crippen molar-refractivity contribution in [2.75, 3.05) is 0 Å². The molecule has 0 unspecified atom stereocenters. The monoisotopic (exact) mass is 168 g/mol. The van der Waals surface area contributed by atoms with Gasteiger partial charge in [0.05, 0.1) is 0 Å². The first-order valence-electron chi connectivity index (χ1n) is 3.40. The summed E-state index contributed by atoms with van der Waals surface area (Å²) >= 11 is 5.68. The molecule has 0 N–H and O–H groups in total. The molecule has 0 aromatic heterocycles. The molecule has 0 rings (SSSR count). The molecule has 11 heavy (non-hydrogen) atoms. The minimum Gasteiger partial charge on any atom is -0.0976 e. The summed E-state index contributed by atoms with van der Waals surface area (Å²) in [5.41, 5.74) is 2.18. The molecule has 0 atom stereocenters. The van der Waals surface area contributed by atoms with Crippen molar-refractivity contribution in [3.8, 4) is 0 Å². The van der Waals surface area contributed by atoms with Crippen LogP contribution in [-0.4, -0.2) is 0 Å². The van der Waals surface area contributed by atoms with E-state index in [-0.39, 0.29) is 0 Å². The predicted octanol–water partition coefficient (Wildman–Crippen LogP) is 3.82. The van der Waals surface area contributed by atoms with Gasteiger partial charge in [-0.15, -0.1) is 0 Å². The zero-order valence-electron chi connectivity index (χ0n) is 7.02. The van der Waals surface area contributed by atoms with Crippen LogP contribution >= 0.6 is 11.6 Å². The van der Waals surface area contributed by atoms with Gasteiger partial charge in [0, 0.05) is 5.03 Å². The van der Waals surface area contributed by atoms with E-state index in [1.165, 1.54) is 0 Å². The van der Waals surface area contributed by atoms with E-state index in [1.807, 2.05) is 19.9 Å². The smallest absolute Gasteiger partial charge is 0.0400 e. The van der Waals surface area contributed by atoms with Crippen molar-refractivity contribution in [2.45, 2.75) is 13.8 Å². The summed E-state index contributed by atoms with van der Waals surface area (Å²) in [6.45, 7) is 11.3. The second-order valence-corrected chi connectivity index (χ2v) is 2.82. The van der Waals surface area contributed by atoms with Gasteiger partial charge in [-0.05, 0) is 25.5 Å². The molecule has 60 valence electrons. The van der Waals surface area contributed by atoms with E-state index in [9.17, 15) is 0 Å². The van der Waals surface area contributed by atoms with E-state index >= 15 is 0 Å². The highest BCUT2D eigenvalue weighted by Gasteiger charge is 1.86. The number of hydrogen-bond acceptors (Lipinski definition) is 0. The van der Waals surface area contributed by atoms with Crippen molar-refractivity contribution in [1.82, 2.24) is 0 Å². The van der Waals surface area contributed by atoms with Gasteiger partial charge in [0.2, 0.25) is 0 Å². The minimum absolute atomic E-state index is 0.644. The first-order chi connectivity index (χ1) is 5.07. The van der Waals surface area contributed by atoms with Crippen molar-refractivity contribution < 1.29 is 0 Å². The number of hydrogen-bond donors (Lipinski definition) is 0. The Morgan fingerprint density at radius 3 is 2.18 bits per heavy atom. The summed E-state index contributed by atoms with van der Waals surface area (Å²) in [4.78, 5) is 0. The van der Waals surface area contributed by atoms with Gasteiger partial charge < -0.3 is 0 Å². The molecule has 0 aromatic rings. The van der Waals surface area contributed by atoms with Crippen LogP contribution in [0.1, 0.15) is 13.8 Å². The Morgan fingerprint density at radius 1 is 1.27 bits per heavy atom. The molecule has 0 amide bonds. The van der Waals surface area contributed by atoms with E-state index in [0.29, 0.717) is 5.03 Å². The van der Waals surface area contributed by atoms with Gasteiger partial charge in [-0.25, -0.2) is 0 Å². The molecule has 0 saturated heterocycles. The summed E-state index contributed by atoms with van der Waals surface area (Å²) in [6.07, 6.45) is 5.33. The zero-order chi connectivity index (χ0) is 8.85. The van der Waals surface area contributed by atoms with Gasteiger partial charge in [0.25, 0.3) is 0 Å². The first kappa shape index (κ1) is 10.2. The average molecular weight is 169 g/mol. The Balaban J connectivity index is 4.34. The summed E-state index contributed by atoms with van der Waals surface area (Å²) in [5, 5.41) is 0.644. The van der Waals surface area contributed by atoms with Gasteiger partial charge in [0.1, 0.15) is 0 Å². The molecule has 0 heterocycles. The quantitative estimate of drug-likeness (QED) is 0.562. The summed E-state index contributed by atoms with van der Waals surface area (Å²) in [7, 11) is 0. The number of rotatable bonds is 3. The van der Waals surface area contributed by atoms with Crippen LogP contribution < -0.4 is 0 Å². The van der Waals surface area contributed by atoms with Crippen LogP contribution in [0.25, 0.3) is 0 Å². The van der Waals surface area contributed by atoms with Crippen LogP contribution in [0.4, 0.5) is 0 Å². The molecule has 0 aliphatic rings. The van der Waals surface area contributed by atoms with Crippen molar-refractivity contribution in [2.24, 2.45) is 0 Å². The highest BCUT2D eigenvalue weighted by Crippen LogP contribution is 2.08. The van der Waals surface area contributed by atoms with Crippen molar-refractivity contribution in [3.63, 3.8) is 0 Å². The van der Waals surface area contributed by atoms with Crippen LogP contribution in [0.3, 0.4) is 0 Å². The molecule has 0 spiro atoms. The largest absolute Gasteiger partial charge is 0.0976 e. The number of halogens is 1. The second-order valence-electron chi connectivity index (χ2n) is 2.39. The van der Waals surface area contributed by atoms with E-state index in [4.69, 9.17) is 11.6 Å². The van der Waals surface area contributed by atoms with E-state index < -0.39 is 0 Å². The third kappa shape index (κ3) is 4.63.